The van der Waals surface area contributed by atoms with Crippen molar-refractivity contribution in [2.45, 2.75) is 71.3 Å². The molecule has 0 heterocycles. The Labute approximate surface area is 112 Å². The highest BCUT2D eigenvalue weighted by molar-refractivity contribution is 5.43. The molecular weight excluding hydrogens is 220 g/mol. The van der Waals surface area contributed by atoms with E-state index in [9.17, 15) is 0 Å². The van der Waals surface area contributed by atoms with Crippen molar-refractivity contribution in [1.82, 2.24) is 0 Å². The first-order valence-electron chi connectivity index (χ1n) is 6.99. The van der Waals surface area contributed by atoms with Crippen molar-refractivity contribution in [3.05, 3.63) is 29.3 Å². The first-order chi connectivity index (χ1) is 8.18. The van der Waals surface area contributed by atoms with Gasteiger partial charge in [-0.25, -0.2) is 0 Å². The van der Waals surface area contributed by atoms with E-state index in [1.165, 1.54) is 24.0 Å². The highest BCUT2D eigenvalue weighted by atomic mass is 16.5. The van der Waals surface area contributed by atoms with Crippen LogP contribution in [-0.2, 0) is 10.8 Å². The molecule has 0 unspecified atom stereocenters. The van der Waals surface area contributed by atoms with E-state index < -0.39 is 0 Å². The third-order valence-corrected chi connectivity index (χ3v) is 3.43. The quantitative estimate of drug-likeness (QED) is 0.726. The molecule has 1 fully saturated rings. The topological polar surface area (TPSA) is 9.23 Å². The maximum Gasteiger partial charge on any atom is 0.120 e. The van der Waals surface area contributed by atoms with Crippen molar-refractivity contribution < 1.29 is 4.74 Å². The summed E-state index contributed by atoms with van der Waals surface area (Å²) < 4.78 is 5.93. The predicted molar refractivity (Wildman–Crippen MR) is 77.5 cm³/mol. The number of ether oxygens (including phenoxy) is 1. The van der Waals surface area contributed by atoms with Crippen molar-refractivity contribution in [3.8, 4) is 5.75 Å². The molecule has 1 heteroatoms. The molecule has 0 bridgehead atoms. The predicted octanol–water partition coefficient (Wildman–Crippen LogP) is 4.82. The second kappa shape index (κ2) is 4.29. The Morgan fingerprint density at radius 1 is 0.889 bits per heavy atom. The summed E-state index contributed by atoms with van der Waals surface area (Å²) in [6, 6.07) is 6.63. The molecule has 18 heavy (non-hydrogen) atoms. The lowest BCUT2D eigenvalue weighted by Gasteiger charge is -2.30. The molecule has 1 aliphatic rings. The number of hydrogen-bond acceptors (Lipinski definition) is 1. The van der Waals surface area contributed by atoms with Gasteiger partial charge in [0.25, 0.3) is 0 Å². The highest BCUT2D eigenvalue weighted by Gasteiger charge is 2.27. The van der Waals surface area contributed by atoms with Crippen LogP contribution in [0.15, 0.2) is 18.2 Å². The van der Waals surface area contributed by atoms with E-state index in [4.69, 9.17) is 4.74 Å². The van der Waals surface area contributed by atoms with Gasteiger partial charge in [-0.1, -0.05) is 47.6 Å². The Morgan fingerprint density at radius 2 is 1.44 bits per heavy atom. The van der Waals surface area contributed by atoms with Gasteiger partial charge in [0, 0.05) is 0 Å². The molecule has 0 N–H and O–H groups in total. The molecule has 2 rings (SSSR count). The molecule has 1 saturated carbocycles. The zero-order chi connectivity index (χ0) is 13.6. The Balaban J connectivity index is 2.41. The first kappa shape index (κ1) is 13.5. The van der Waals surface area contributed by atoms with Crippen molar-refractivity contribution in [1.29, 1.82) is 0 Å². The molecule has 0 atom stereocenters. The van der Waals surface area contributed by atoms with Crippen molar-refractivity contribution >= 4 is 0 Å². The summed E-state index contributed by atoms with van der Waals surface area (Å²) in [6.45, 7) is 13.7. The van der Waals surface area contributed by atoms with Crippen LogP contribution in [0.25, 0.3) is 0 Å². The zero-order valence-electron chi connectivity index (χ0n) is 12.6. The van der Waals surface area contributed by atoms with Gasteiger partial charge >= 0.3 is 0 Å². The molecule has 1 aromatic carbocycles. The second-order valence-corrected chi connectivity index (χ2v) is 7.52. The van der Waals surface area contributed by atoms with Gasteiger partial charge in [0.05, 0.1) is 6.10 Å². The van der Waals surface area contributed by atoms with Gasteiger partial charge in [-0.3, -0.25) is 0 Å². The Bertz CT molecular complexity index is 428. The lowest BCUT2D eigenvalue weighted by Crippen LogP contribution is -2.22. The minimum Gasteiger partial charge on any atom is -0.490 e. The van der Waals surface area contributed by atoms with Gasteiger partial charge in [0.15, 0.2) is 0 Å². The van der Waals surface area contributed by atoms with Gasteiger partial charge in [0.1, 0.15) is 5.75 Å². The third-order valence-electron chi connectivity index (χ3n) is 3.43. The zero-order valence-corrected chi connectivity index (χ0v) is 12.6. The van der Waals surface area contributed by atoms with E-state index in [0.717, 1.165) is 5.75 Å². The van der Waals surface area contributed by atoms with Crippen LogP contribution in [0.1, 0.15) is 65.5 Å². The smallest absolute Gasteiger partial charge is 0.120 e. The van der Waals surface area contributed by atoms with Crippen LogP contribution in [0.2, 0.25) is 0 Å². The van der Waals surface area contributed by atoms with Crippen molar-refractivity contribution in [2.75, 3.05) is 0 Å². The fourth-order valence-electron chi connectivity index (χ4n) is 2.25. The fourth-order valence-corrected chi connectivity index (χ4v) is 2.25. The SMILES string of the molecule is CC(C)(C)c1ccc(OC2CC2)cc1C(C)(C)C. The highest BCUT2D eigenvalue weighted by Crippen LogP contribution is 2.37. The van der Waals surface area contributed by atoms with E-state index in [1.54, 1.807) is 0 Å². The average Bonchev–Trinajstić information content (AvgIpc) is 2.98. The molecule has 0 amide bonds. The van der Waals surface area contributed by atoms with Gasteiger partial charge in [0.2, 0.25) is 0 Å². The van der Waals surface area contributed by atoms with Crippen LogP contribution < -0.4 is 4.74 Å². The van der Waals surface area contributed by atoms with E-state index in [0.29, 0.717) is 6.10 Å². The molecule has 100 valence electrons. The minimum absolute atomic E-state index is 0.158. The molecule has 0 spiro atoms. The van der Waals surface area contributed by atoms with Crippen molar-refractivity contribution in [3.63, 3.8) is 0 Å². The molecule has 1 aromatic rings. The third kappa shape index (κ3) is 3.07. The van der Waals surface area contributed by atoms with Crippen LogP contribution in [0.4, 0.5) is 0 Å². The molecule has 0 aliphatic heterocycles. The Morgan fingerprint density at radius 3 is 1.89 bits per heavy atom. The molecule has 0 saturated heterocycles. The summed E-state index contributed by atoms with van der Waals surface area (Å²) in [6.07, 6.45) is 2.90. The molecule has 0 aromatic heterocycles. The van der Waals surface area contributed by atoms with Crippen LogP contribution in [0, 0.1) is 0 Å². The lowest BCUT2D eigenvalue weighted by atomic mass is 9.75. The van der Waals surface area contributed by atoms with E-state index >= 15 is 0 Å². The Kier molecular flexibility index (Phi) is 3.21. The number of hydrogen-bond donors (Lipinski definition) is 0. The second-order valence-electron chi connectivity index (χ2n) is 7.52. The van der Waals surface area contributed by atoms with Crippen LogP contribution in [0.5, 0.6) is 5.75 Å². The molecular formula is C17H26O. The molecule has 1 nitrogen and oxygen atoms in total. The molecule has 1 aliphatic carbocycles. The van der Waals surface area contributed by atoms with Gasteiger partial charge < -0.3 is 4.74 Å². The summed E-state index contributed by atoms with van der Waals surface area (Å²) in [5, 5.41) is 0. The summed E-state index contributed by atoms with van der Waals surface area (Å²) in [5.74, 6) is 1.04. The standard InChI is InChI=1S/C17H26O/c1-16(2,3)14-10-9-13(18-12-7-8-12)11-15(14)17(4,5)6/h9-12H,7-8H2,1-6H3. The number of rotatable bonds is 2. The van der Waals surface area contributed by atoms with Crippen molar-refractivity contribution in [2.24, 2.45) is 0 Å². The summed E-state index contributed by atoms with van der Waals surface area (Å²) >= 11 is 0. The van der Waals surface area contributed by atoms with E-state index in [-0.39, 0.29) is 10.8 Å². The largest absolute Gasteiger partial charge is 0.490 e. The van der Waals surface area contributed by atoms with Gasteiger partial charge in [-0.2, -0.15) is 0 Å². The van der Waals surface area contributed by atoms with Gasteiger partial charge in [-0.15, -0.1) is 0 Å². The Hall–Kier alpha value is -0.980. The summed E-state index contributed by atoms with van der Waals surface area (Å²) in [5.41, 5.74) is 3.18. The van der Waals surface area contributed by atoms with E-state index in [1.807, 2.05) is 0 Å². The summed E-state index contributed by atoms with van der Waals surface area (Å²) in [7, 11) is 0. The average molecular weight is 246 g/mol. The fraction of sp³-hybridized carbons (Fsp3) is 0.647. The number of benzene rings is 1. The lowest BCUT2D eigenvalue weighted by molar-refractivity contribution is 0.302. The first-order valence-corrected chi connectivity index (χ1v) is 6.99. The van der Waals surface area contributed by atoms with Crippen LogP contribution in [0.3, 0.4) is 0 Å². The summed E-state index contributed by atoms with van der Waals surface area (Å²) in [4.78, 5) is 0. The molecule has 0 radical (unpaired) electrons. The van der Waals surface area contributed by atoms with Crippen LogP contribution >= 0.6 is 0 Å². The maximum atomic E-state index is 5.93. The normalized spacial score (nSPS) is 16.8. The van der Waals surface area contributed by atoms with Crippen LogP contribution in [-0.4, -0.2) is 6.10 Å². The minimum atomic E-state index is 0.158. The van der Waals surface area contributed by atoms with Gasteiger partial charge in [-0.05, 0) is 46.9 Å². The monoisotopic (exact) mass is 246 g/mol. The maximum absolute atomic E-state index is 5.93. The van der Waals surface area contributed by atoms with E-state index in [2.05, 4.69) is 59.7 Å².